The molecule has 15 heavy (non-hydrogen) atoms. The fourth-order valence-electron chi connectivity index (χ4n) is 1.61. The lowest BCUT2D eigenvalue weighted by Gasteiger charge is -2.32. The van der Waals surface area contributed by atoms with Crippen molar-refractivity contribution in [1.82, 2.24) is 10.8 Å². The monoisotopic (exact) mass is 216 g/mol. The van der Waals surface area contributed by atoms with Crippen molar-refractivity contribution in [2.75, 3.05) is 33.4 Å². The van der Waals surface area contributed by atoms with Gasteiger partial charge in [0.2, 0.25) is 0 Å². The van der Waals surface area contributed by atoms with Gasteiger partial charge in [0.05, 0.1) is 18.6 Å². The standard InChI is InChI=1S/C10H20N2O3/c1-10(4-3-5-11-8-10)9(13)12-15-7-6-14-2/h11H,3-8H2,1-2H3,(H,12,13). The van der Waals surface area contributed by atoms with Crippen LogP contribution >= 0.6 is 0 Å². The Morgan fingerprint density at radius 2 is 2.33 bits per heavy atom. The molecule has 1 aliphatic heterocycles. The van der Waals surface area contributed by atoms with Gasteiger partial charge in [0, 0.05) is 13.7 Å². The first-order chi connectivity index (χ1) is 7.19. The van der Waals surface area contributed by atoms with E-state index in [0.717, 1.165) is 19.4 Å². The lowest BCUT2D eigenvalue weighted by molar-refractivity contribution is -0.145. The van der Waals surface area contributed by atoms with E-state index in [1.165, 1.54) is 0 Å². The van der Waals surface area contributed by atoms with Gasteiger partial charge in [0.15, 0.2) is 0 Å². The van der Waals surface area contributed by atoms with Gasteiger partial charge in [-0.25, -0.2) is 5.48 Å². The number of rotatable bonds is 5. The fraction of sp³-hybridized carbons (Fsp3) is 0.900. The van der Waals surface area contributed by atoms with E-state index in [-0.39, 0.29) is 11.3 Å². The number of carbonyl (C=O) groups is 1. The summed E-state index contributed by atoms with van der Waals surface area (Å²) < 4.78 is 4.81. The second-order valence-corrected chi connectivity index (χ2v) is 4.11. The molecule has 0 saturated carbocycles. The van der Waals surface area contributed by atoms with E-state index in [1.807, 2.05) is 6.92 Å². The maximum atomic E-state index is 11.8. The topological polar surface area (TPSA) is 59.6 Å². The first-order valence-electron chi connectivity index (χ1n) is 5.31. The van der Waals surface area contributed by atoms with E-state index < -0.39 is 0 Å². The molecule has 0 radical (unpaired) electrons. The first-order valence-corrected chi connectivity index (χ1v) is 5.31. The Balaban J connectivity index is 2.25. The van der Waals surface area contributed by atoms with Gasteiger partial charge < -0.3 is 10.1 Å². The van der Waals surface area contributed by atoms with Gasteiger partial charge in [0.1, 0.15) is 0 Å². The van der Waals surface area contributed by atoms with Crippen molar-refractivity contribution < 1.29 is 14.4 Å². The zero-order valence-electron chi connectivity index (χ0n) is 9.47. The summed E-state index contributed by atoms with van der Waals surface area (Å²) in [7, 11) is 1.59. The molecule has 1 fully saturated rings. The molecule has 0 bridgehead atoms. The van der Waals surface area contributed by atoms with Crippen molar-refractivity contribution >= 4 is 5.91 Å². The lowest BCUT2D eigenvalue weighted by atomic mass is 9.82. The SMILES string of the molecule is COCCONC(=O)C1(C)CCCNC1. The zero-order chi connectivity index (χ0) is 11.1. The summed E-state index contributed by atoms with van der Waals surface area (Å²) in [6, 6.07) is 0. The Bertz CT molecular complexity index is 203. The van der Waals surface area contributed by atoms with Crippen LogP contribution < -0.4 is 10.8 Å². The number of hydrogen-bond donors (Lipinski definition) is 2. The van der Waals surface area contributed by atoms with E-state index in [1.54, 1.807) is 7.11 Å². The Labute approximate surface area is 90.5 Å². The molecular formula is C10H20N2O3. The van der Waals surface area contributed by atoms with Crippen molar-refractivity contribution in [1.29, 1.82) is 0 Å². The van der Waals surface area contributed by atoms with Crippen LogP contribution in [0, 0.1) is 5.41 Å². The molecule has 1 amide bonds. The third-order valence-corrected chi connectivity index (χ3v) is 2.70. The van der Waals surface area contributed by atoms with Gasteiger partial charge in [0.25, 0.3) is 5.91 Å². The predicted molar refractivity (Wildman–Crippen MR) is 56.2 cm³/mol. The number of methoxy groups -OCH3 is 1. The lowest BCUT2D eigenvalue weighted by Crippen LogP contribution is -2.48. The van der Waals surface area contributed by atoms with Gasteiger partial charge in [-0.1, -0.05) is 0 Å². The Morgan fingerprint density at radius 3 is 2.93 bits per heavy atom. The molecule has 88 valence electrons. The van der Waals surface area contributed by atoms with Gasteiger partial charge in [-0.3, -0.25) is 9.63 Å². The average Bonchev–Trinajstić information content (AvgIpc) is 2.25. The second kappa shape index (κ2) is 6.05. The van der Waals surface area contributed by atoms with Crippen LogP contribution in [0.5, 0.6) is 0 Å². The molecular weight excluding hydrogens is 196 g/mol. The molecule has 0 aromatic carbocycles. The minimum absolute atomic E-state index is 0.0502. The van der Waals surface area contributed by atoms with Crippen molar-refractivity contribution in [2.24, 2.45) is 5.41 Å². The minimum atomic E-state index is -0.342. The molecule has 1 aliphatic rings. The summed E-state index contributed by atoms with van der Waals surface area (Å²) in [6.07, 6.45) is 1.93. The van der Waals surface area contributed by atoms with Gasteiger partial charge >= 0.3 is 0 Å². The van der Waals surface area contributed by atoms with Crippen LogP contribution in [-0.2, 0) is 14.4 Å². The fourth-order valence-corrected chi connectivity index (χ4v) is 1.61. The van der Waals surface area contributed by atoms with Crippen LogP contribution in [0.15, 0.2) is 0 Å². The number of hydroxylamine groups is 1. The van der Waals surface area contributed by atoms with Crippen molar-refractivity contribution in [2.45, 2.75) is 19.8 Å². The van der Waals surface area contributed by atoms with Gasteiger partial charge in [-0.15, -0.1) is 0 Å². The quantitative estimate of drug-likeness (QED) is 0.504. The summed E-state index contributed by atoms with van der Waals surface area (Å²) in [5.41, 5.74) is 2.13. The molecule has 0 spiro atoms. The summed E-state index contributed by atoms with van der Waals surface area (Å²) in [6.45, 7) is 4.52. The minimum Gasteiger partial charge on any atom is -0.382 e. The Hall–Kier alpha value is -0.650. The summed E-state index contributed by atoms with van der Waals surface area (Å²) in [5.74, 6) is -0.0502. The van der Waals surface area contributed by atoms with E-state index in [2.05, 4.69) is 10.8 Å². The van der Waals surface area contributed by atoms with E-state index >= 15 is 0 Å². The molecule has 1 atom stereocenters. The summed E-state index contributed by atoms with van der Waals surface area (Å²) in [4.78, 5) is 16.8. The van der Waals surface area contributed by atoms with Crippen LogP contribution in [0.3, 0.4) is 0 Å². The molecule has 2 N–H and O–H groups in total. The number of hydrogen-bond acceptors (Lipinski definition) is 4. The Morgan fingerprint density at radius 1 is 1.53 bits per heavy atom. The average molecular weight is 216 g/mol. The first kappa shape index (κ1) is 12.4. The number of amides is 1. The molecule has 0 aromatic heterocycles. The smallest absolute Gasteiger partial charge is 0.250 e. The highest BCUT2D eigenvalue weighted by Gasteiger charge is 2.34. The third kappa shape index (κ3) is 3.77. The maximum Gasteiger partial charge on any atom is 0.250 e. The molecule has 1 rings (SSSR count). The normalized spacial score (nSPS) is 26.3. The number of piperidine rings is 1. The van der Waals surface area contributed by atoms with Gasteiger partial charge in [-0.2, -0.15) is 0 Å². The highest BCUT2D eigenvalue weighted by atomic mass is 16.7. The van der Waals surface area contributed by atoms with Crippen LogP contribution in [0.2, 0.25) is 0 Å². The number of ether oxygens (including phenoxy) is 1. The van der Waals surface area contributed by atoms with E-state index in [9.17, 15) is 4.79 Å². The number of nitrogens with one attached hydrogen (secondary N) is 2. The Kier molecular flexibility index (Phi) is 5.01. The van der Waals surface area contributed by atoms with E-state index in [0.29, 0.717) is 19.8 Å². The summed E-state index contributed by atoms with van der Waals surface area (Å²) in [5, 5.41) is 3.22. The van der Waals surface area contributed by atoms with E-state index in [4.69, 9.17) is 9.57 Å². The molecule has 1 heterocycles. The maximum absolute atomic E-state index is 11.8. The molecule has 1 unspecified atom stereocenters. The predicted octanol–water partition coefficient (Wildman–Crippen LogP) is 0.0703. The van der Waals surface area contributed by atoms with Crippen molar-refractivity contribution in [3.05, 3.63) is 0 Å². The molecule has 5 nitrogen and oxygen atoms in total. The van der Waals surface area contributed by atoms with Gasteiger partial charge in [-0.05, 0) is 26.3 Å². The van der Waals surface area contributed by atoms with Crippen LogP contribution in [-0.4, -0.2) is 39.3 Å². The third-order valence-electron chi connectivity index (χ3n) is 2.70. The second-order valence-electron chi connectivity index (χ2n) is 4.11. The van der Waals surface area contributed by atoms with Crippen molar-refractivity contribution in [3.63, 3.8) is 0 Å². The highest BCUT2D eigenvalue weighted by Crippen LogP contribution is 2.25. The van der Waals surface area contributed by atoms with Crippen LogP contribution in [0.4, 0.5) is 0 Å². The molecule has 0 aromatic rings. The highest BCUT2D eigenvalue weighted by molar-refractivity contribution is 5.81. The summed E-state index contributed by atoms with van der Waals surface area (Å²) >= 11 is 0. The molecule has 0 aliphatic carbocycles. The number of carbonyl (C=O) groups excluding carboxylic acids is 1. The van der Waals surface area contributed by atoms with Crippen LogP contribution in [0.25, 0.3) is 0 Å². The molecule has 1 saturated heterocycles. The largest absolute Gasteiger partial charge is 0.382 e. The van der Waals surface area contributed by atoms with Crippen LogP contribution in [0.1, 0.15) is 19.8 Å². The zero-order valence-corrected chi connectivity index (χ0v) is 9.47. The molecule has 5 heteroatoms. The van der Waals surface area contributed by atoms with Crippen molar-refractivity contribution in [3.8, 4) is 0 Å².